The van der Waals surface area contributed by atoms with E-state index in [4.69, 9.17) is 24.8 Å². The molecule has 28 heavy (non-hydrogen) atoms. The van der Waals surface area contributed by atoms with Crippen LogP contribution in [0.25, 0.3) is 0 Å². The number of hydrogen-bond donors (Lipinski definition) is 3. The number of anilines is 1. The Morgan fingerprint density at radius 2 is 1.75 bits per heavy atom. The topological polar surface area (TPSA) is 129 Å². The van der Waals surface area contributed by atoms with E-state index in [-0.39, 0.29) is 12.5 Å². The highest BCUT2D eigenvalue weighted by Gasteiger charge is 2.01. The summed E-state index contributed by atoms with van der Waals surface area (Å²) in [5.41, 5.74) is 9.01. The van der Waals surface area contributed by atoms with Crippen LogP contribution in [-0.4, -0.2) is 70.1 Å². The van der Waals surface area contributed by atoms with Gasteiger partial charge in [0.2, 0.25) is 5.91 Å². The van der Waals surface area contributed by atoms with Crippen molar-refractivity contribution < 1.29 is 23.8 Å². The minimum absolute atomic E-state index is 0.172. The summed E-state index contributed by atoms with van der Waals surface area (Å²) in [6.45, 7) is 3.29. The van der Waals surface area contributed by atoms with Gasteiger partial charge in [-0.1, -0.05) is 0 Å². The molecule has 0 fully saturated rings. The first-order valence-corrected chi connectivity index (χ1v) is 9.24. The number of ether oxygens (including phenoxy) is 3. The third-order valence-corrected chi connectivity index (χ3v) is 3.37. The Kier molecular flexibility index (Phi) is 14.3. The number of unbranched alkanes of at least 4 members (excludes halogenated alkanes) is 1. The van der Waals surface area contributed by atoms with Crippen LogP contribution in [0.15, 0.2) is 29.5 Å². The molecule has 158 valence electrons. The number of carbonyl (C=O) groups excluding carboxylic acids is 1. The highest BCUT2D eigenvalue weighted by atomic mass is 16.7. The predicted octanol–water partition coefficient (Wildman–Crippen LogP) is 0.706. The molecule has 0 radical (unpaired) electrons. The van der Waals surface area contributed by atoms with E-state index in [1.54, 1.807) is 31.6 Å². The third-order valence-electron chi connectivity index (χ3n) is 3.37. The third kappa shape index (κ3) is 13.9. The Bertz CT molecular complexity index is 544. The van der Waals surface area contributed by atoms with E-state index in [1.165, 1.54) is 0 Å². The number of hydroxylamine groups is 1. The summed E-state index contributed by atoms with van der Waals surface area (Å²) in [5.74, 6) is 0.165. The summed E-state index contributed by atoms with van der Waals surface area (Å²) in [4.78, 5) is 24.8. The molecule has 0 aliphatic rings. The minimum atomic E-state index is -0.172. The summed E-state index contributed by atoms with van der Waals surface area (Å²) in [7, 11) is 1.62. The number of nitrogens with zero attached hydrogens (tertiary/aromatic N) is 2. The van der Waals surface area contributed by atoms with Gasteiger partial charge in [-0.3, -0.25) is 19.6 Å². The molecular formula is C18H31N5O5. The average molecular weight is 397 g/mol. The molecule has 4 N–H and O–H groups in total. The van der Waals surface area contributed by atoms with Gasteiger partial charge in [-0.15, -0.1) is 0 Å². The van der Waals surface area contributed by atoms with Crippen LogP contribution in [-0.2, 0) is 23.8 Å². The van der Waals surface area contributed by atoms with E-state index in [2.05, 4.69) is 20.8 Å². The Morgan fingerprint density at radius 3 is 2.46 bits per heavy atom. The lowest BCUT2D eigenvalue weighted by atomic mass is 10.2. The number of aromatic nitrogens is 1. The van der Waals surface area contributed by atoms with Gasteiger partial charge < -0.3 is 25.3 Å². The molecule has 0 spiro atoms. The molecule has 1 heterocycles. The smallest absolute Gasteiger partial charge is 0.243 e. The second kappa shape index (κ2) is 16.9. The maximum Gasteiger partial charge on any atom is 0.243 e. The second-order valence-electron chi connectivity index (χ2n) is 5.68. The molecule has 0 unspecified atom stereocenters. The molecule has 1 aromatic rings. The van der Waals surface area contributed by atoms with E-state index in [0.29, 0.717) is 58.4 Å². The first-order valence-electron chi connectivity index (χ1n) is 9.24. The van der Waals surface area contributed by atoms with Crippen molar-refractivity contribution in [3.8, 4) is 0 Å². The van der Waals surface area contributed by atoms with Crippen molar-refractivity contribution in [3.05, 3.63) is 24.5 Å². The molecular weight excluding hydrogens is 366 g/mol. The monoisotopic (exact) mass is 397 g/mol. The molecule has 1 aromatic heterocycles. The Balaban J connectivity index is 1.90. The van der Waals surface area contributed by atoms with Crippen LogP contribution in [0, 0.1) is 0 Å². The molecule has 0 saturated heterocycles. The van der Waals surface area contributed by atoms with Gasteiger partial charge in [0.15, 0.2) is 5.96 Å². The van der Waals surface area contributed by atoms with E-state index in [1.807, 2.05) is 0 Å². The quantitative estimate of drug-likeness (QED) is 0.161. The van der Waals surface area contributed by atoms with Crippen LogP contribution >= 0.6 is 0 Å². The summed E-state index contributed by atoms with van der Waals surface area (Å²) in [6, 6.07) is 3.60. The molecule has 0 aromatic carbocycles. The van der Waals surface area contributed by atoms with Crippen LogP contribution in [0.1, 0.15) is 19.3 Å². The zero-order chi connectivity index (χ0) is 20.3. The van der Waals surface area contributed by atoms with Crippen molar-refractivity contribution in [3.63, 3.8) is 0 Å². The maximum absolute atomic E-state index is 11.6. The first kappa shape index (κ1) is 23.8. The number of nitrogens with one attached hydrogen (secondary N) is 2. The predicted molar refractivity (Wildman–Crippen MR) is 106 cm³/mol. The number of amides is 1. The van der Waals surface area contributed by atoms with Gasteiger partial charge in [-0.25, -0.2) is 5.48 Å². The van der Waals surface area contributed by atoms with Gasteiger partial charge in [-0.05, 0) is 25.0 Å². The number of hydrogen-bond acceptors (Lipinski definition) is 7. The lowest BCUT2D eigenvalue weighted by Gasteiger charge is -2.07. The SMILES string of the molecule is COCCOCCOCCONC(=O)CCCCN=C(N)Nc1ccncc1. The summed E-state index contributed by atoms with van der Waals surface area (Å²) < 4.78 is 15.4. The van der Waals surface area contributed by atoms with E-state index >= 15 is 0 Å². The fourth-order valence-corrected chi connectivity index (χ4v) is 1.97. The summed E-state index contributed by atoms with van der Waals surface area (Å²) in [6.07, 6.45) is 5.14. The van der Waals surface area contributed by atoms with Crippen molar-refractivity contribution >= 4 is 17.6 Å². The standard InChI is InChI=1S/C18H31N5O5/c1-25-10-11-26-12-13-27-14-15-28-23-17(24)4-2-3-7-21-18(19)22-16-5-8-20-9-6-16/h5-6,8-9H,2-4,7,10-15H2,1H3,(H,23,24)(H3,19,20,21,22). The van der Waals surface area contributed by atoms with E-state index < -0.39 is 0 Å². The normalized spacial score (nSPS) is 11.4. The van der Waals surface area contributed by atoms with Crippen molar-refractivity contribution in [2.24, 2.45) is 10.7 Å². The summed E-state index contributed by atoms with van der Waals surface area (Å²) >= 11 is 0. The second-order valence-corrected chi connectivity index (χ2v) is 5.68. The number of carbonyl (C=O) groups is 1. The van der Waals surface area contributed by atoms with Crippen molar-refractivity contribution in [2.75, 3.05) is 58.6 Å². The van der Waals surface area contributed by atoms with E-state index in [0.717, 1.165) is 12.1 Å². The van der Waals surface area contributed by atoms with Gasteiger partial charge in [-0.2, -0.15) is 0 Å². The lowest BCUT2D eigenvalue weighted by Crippen LogP contribution is -2.25. The Labute approximate surface area is 165 Å². The molecule has 1 amide bonds. The van der Waals surface area contributed by atoms with Crippen LogP contribution in [0.5, 0.6) is 0 Å². The molecule has 0 atom stereocenters. The molecule has 10 heteroatoms. The Hall–Kier alpha value is -2.27. The highest BCUT2D eigenvalue weighted by molar-refractivity contribution is 5.92. The molecule has 0 aliphatic heterocycles. The fraction of sp³-hybridized carbons (Fsp3) is 0.611. The van der Waals surface area contributed by atoms with Crippen LogP contribution in [0.3, 0.4) is 0 Å². The van der Waals surface area contributed by atoms with E-state index in [9.17, 15) is 4.79 Å². The number of guanidine groups is 1. The number of nitrogens with two attached hydrogens (primary N) is 1. The van der Waals surface area contributed by atoms with Gasteiger partial charge in [0.25, 0.3) is 0 Å². The molecule has 10 nitrogen and oxygen atoms in total. The molecule has 1 rings (SSSR count). The molecule has 0 bridgehead atoms. The van der Waals surface area contributed by atoms with Gasteiger partial charge in [0, 0.05) is 38.2 Å². The van der Waals surface area contributed by atoms with Crippen molar-refractivity contribution in [1.82, 2.24) is 10.5 Å². The zero-order valence-electron chi connectivity index (χ0n) is 16.4. The number of aliphatic imine (C=N–C) groups is 1. The van der Waals surface area contributed by atoms with Gasteiger partial charge >= 0.3 is 0 Å². The number of rotatable bonds is 16. The Morgan fingerprint density at radius 1 is 1.07 bits per heavy atom. The maximum atomic E-state index is 11.6. The minimum Gasteiger partial charge on any atom is -0.382 e. The average Bonchev–Trinajstić information content (AvgIpc) is 2.70. The van der Waals surface area contributed by atoms with Crippen LogP contribution in [0.2, 0.25) is 0 Å². The molecule has 0 aliphatic carbocycles. The van der Waals surface area contributed by atoms with Crippen molar-refractivity contribution in [1.29, 1.82) is 0 Å². The lowest BCUT2D eigenvalue weighted by molar-refractivity contribution is -0.135. The van der Waals surface area contributed by atoms with Gasteiger partial charge in [0.05, 0.1) is 39.6 Å². The largest absolute Gasteiger partial charge is 0.382 e. The van der Waals surface area contributed by atoms with Crippen LogP contribution < -0.4 is 16.5 Å². The summed E-state index contributed by atoms with van der Waals surface area (Å²) in [5, 5.41) is 2.97. The number of pyridine rings is 1. The molecule has 0 saturated carbocycles. The highest BCUT2D eigenvalue weighted by Crippen LogP contribution is 2.02. The van der Waals surface area contributed by atoms with Gasteiger partial charge in [0.1, 0.15) is 0 Å². The van der Waals surface area contributed by atoms with Crippen LogP contribution in [0.4, 0.5) is 5.69 Å². The van der Waals surface area contributed by atoms with Crippen molar-refractivity contribution in [2.45, 2.75) is 19.3 Å². The zero-order valence-corrected chi connectivity index (χ0v) is 16.4. The fourth-order valence-electron chi connectivity index (χ4n) is 1.97. The number of methoxy groups -OCH3 is 1. The first-order chi connectivity index (χ1) is 13.7.